The summed E-state index contributed by atoms with van der Waals surface area (Å²) in [5.74, 6) is -1.35. The number of nitrogens with zero attached hydrogens (tertiary/aromatic N) is 5. The molecule has 2 heterocycles. The largest absolute Gasteiger partial charge is 0.481 e. The van der Waals surface area contributed by atoms with Crippen LogP contribution in [0.5, 0.6) is 0 Å². The Hall–Kier alpha value is -2.77. The zero-order valence-electron chi connectivity index (χ0n) is 12.7. The van der Waals surface area contributed by atoms with Gasteiger partial charge in [0.25, 0.3) is 0 Å². The van der Waals surface area contributed by atoms with Crippen molar-refractivity contribution in [3.05, 3.63) is 36.2 Å². The van der Waals surface area contributed by atoms with Gasteiger partial charge in [-0.15, -0.1) is 5.10 Å². The van der Waals surface area contributed by atoms with E-state index in [0.29, 0.717) is 13.0 Å². The highest BCUT2D eigenvalue weighted by atomic mass is 16.4. The lowest BCUT2D eigenvalue weighted by Crippen LogP contribution is -2.38. The van der Waals surface area contributed by atoms with Crippen molar-refractivity contribution in [1.82, 2.24) is 25.1 Å². The van der Waals surface area contributed by atoms with Crippen molar-refractivity contribution in [1.29, 1.82) is 0 Å². The predicted molar refractivity (Wildman–Crippen MR) is 79.8 cm³/mol. The van der Waals surface area contributed by atoms with Crippen LogP contribution in [-0.4, -0.2) is 54.7 Å². The molecule has 0 aliphatic carbocycles. The van der Waals surface area contributed by atoms with Gasteiger partial charge in [0.05, 0.1) is 18.0 Å². The Morgan fingerprint density at radius 2 is 2.04 bits per heavy atom. The van der Waals surface area contributed by atoms with Crippen LogP contribution in [-0.2, 0) is 16.0 Å². The first kappa shape index (κ1) is 15.1. The number of likely N-dealkylation sites (tertiary alicyclic amines) is 1. The maximum Gasteiger partial charge on any atom is 0.308 e. The first-order valence-corrected chi connectivity index (χ1v) is 7.41. The van der Waals surface area contributed by atoms with Crippen molar-refractivity contribution >= 4 is 11.9 Å². The molecule has 1 aromatic heterocycles. The minimum atomic E-state index is -0.835. The van der Waals surface area contributed by atoms with Crippen LogP contribution in [0.4, 0.5) is 0 Å². The number of carbonyl (C=O) groups is 2. The van der Waals surface area contributed by atoms with Gasteiger partial charge in [0, 0.05) is 12.6 Å². The Bertz CT molecular complexity index is 698. The van der Waals surface area contributed by atoms with E-state index in [4.69, 9.17) is 5.11 Å². The van der Waals surface area contributed by atoms with E-state index in [1.807, 2.05) is 24.3 Å². The summed E-state index contributed by atoms with van der Waals surface area (Å²) in [6.07, 6.45) is 2.27. The Labute approximate surface area is 132 Å². The number of tetrazole rings is 1. The molecule has 0 radical (unpaired) electrons. The normalized spacial score (nSPS) is 20.7. The number of aromatic nitrogens is 4. The van der Waals surface area contributed by atoms with Crippen molar-refractivity contribution in [2.45, 2.75) is 25.8 Å². The third kappa shape index (κ3) is 3.05. The van der Waals surface area contributed by atoms with E-state index in [0.717, 1.165) is 11.3 Å². The van der Waals surface area contributed by atoms with Crippen molar-refractivity contribution < 1.29 is 14.7 Å². The number of carbonyl (C=O) groups excluding carboxylic acids is 1. The Balaban J connectivity index is 1.65. The van der Waals surface area contributed by atoms with Crippen LogP contribution in [0.2, 0.25) is 0 Å². The molecule has 2 aromatic rings. The highest BCUT2D eigenvalue weighted by Crippen LogP contribution is 2.25. The van der Waals surface area contributed by atoms with E-state index in [1.54, 1.807) is 11.8 Å². The molecule has 0 bridgehead atoms. The maximum atomic E-state index is 12.4. The number of hydrogen-bond acceptors (Lipinski definition) is 5. The fourth-order valence-corrected chi connectivity index (χ4v) is 2.94. The molecule has 120 valence electrons. The second-order valence-electron chi connectivity index (χ2n) is 5.66. The van der Waals surface area contributed by atoms with Gasteiger partial charge < -0.3 is 10.0 Å². The number of amides is 1. The highest BCUT2D eigenvalue weighted by Gasteiger charge is 2.37. The average Bonchev–Trinajstić information content (AvgIpc) is 3.17. The monoisotopic (exact) mass is 315 g/mol. The molecule has 8 heteroatoms. The topological polar surface area (TPSA) is 101 Å². The number of hydrogen-bond donors (Lipinski definition) is 1. The average molecular weight is 315 g/mol. The first-order chi connectivity index (χ1) is 11.1. The van der Waals surface area contributed by atoms with Crippen LogP contribution in [0, 0.1) is 5.92 Å². The summed E-state index contributed by atoms with van der Waals surface area (Å²) in [7, 11) is 0. The number of benzene rings is 1. The quantitative estimate of drug-likeness (QED) is 0.883. The summed E-state index contributed by atoms with van der Waals surface area (Å²) in [6, 6.07) is 7.12. The van der Waals surface area contributed by atoms with Gasteiger partial charge in [-0.1, -0.05) is 12.1 Å². The molecule has 0 saturated carbocycles. The van der Waals surface area contributed by atoms with Crippen molar-refractivity contribution in [2.75, 3.05) is 6.54 Å². The van der Waals surface area contributed by atoms with Crippen LogP contribution >= 0.6 is 0 Å². The third-order valence-electron chi connectivity index (χ3n) is 4.30. The lowest BCUT2D eigenvalue weighted by molar-refractivity contribution is -0.143. The van der Waals surface area contributed by atoms with Gasteiger partial charge in [0.1, 0.15) is 6.33 Å². The van der Waals surface area contributed by atoms with E-state index in [1.165, 1.54) is 11.0 Å². The summed E-state index contributed by atoms with van der Waals surface area (Å²) in [5.41, 5.74) is 1.68. The number of aliphatic carboxylic acids is 1. The molecule has 1 aromatic carbocycles. The van der Waals surface area contributed by atoms with Gasteiger partial charge in [-0.3, -0.25) is 9.59 Å². The van der Waals surface area contributed by atoms with E-state index in [2.05, 4.69) is 15.5 Å². The predicted octanol–water partition coefficient (Wildman–Crippen LogP) is 0.526. The van der Waals surface area contributed by atoms with Crippen molar-refractivity contribution in [2.24, 2.45) is 5.92 Å². The molecular weight excluding hydrogens is 298 g/mol. The molecule has 2 atom stereocenters. The first-order valence-electron chi connectivity index (χ1n) is 7.41. The lowest BCUT2D eigenvalue weighted by Gasteiger charge is -2.23. The fourth-order valence-electron chi connectivity index (χ4n) is 2.94. The van der Waals surface area contributed by atoms with E-state index in [9.17, 15) is 9.59 Å². The Kier molecular flexibility index (Phi) is 4.05. The van der Waals surface area contributed by atoms with Gasteiger partial charge in [0.15, 0.2) is 0 Å². The van der Waals surface area contributed by atoms with Crippen LogP contribution in [0.3, 0.4) is 0 Å². The van der Waals surface area contributed by atoms with Gasteiger partial charge in [0.2, 0.25) is 5.91 Å². The van der Waals surface area contributed by atoms with E-state index in [-0.39, 0.29) is 18.4 Å². The zero-order valence-corrected chi connectivity index (χ0v) is 12.7. The lowest BCUT2D eigenvalue weighted by atomic mass is 10.0. The molecule has 2 unspecified atom stereocenters. The molecule has 1 amide bonds. The molecule has 0 spiro atoms. The van der Waals surface area contributed by atoms with Crippen LogP contribution in [0.25, 0.3) is 5.69 Å². The SMILES string of the molecule is CC1C(C(=O)O)CCN1C(=O)Cc1ccc(-n2cnnn2)cc1. The van der Waals surface area contributed by atoms with Gasteiger partial charge in [-0.05, 0) is 41.5 Å². The van der Waals surface area contributed by atoms with Crippen LogP contribution in [0.1, 0.15) is 18.9 Å². The maximum absolute atomic E-state index is 12.4. The minimum Gasteiger partial charge on any atom is -0.481 e. The Morgan fingerprint density at radius 3 is 2.61 bits per heavy atom. The smallest absolute Gasteiger partial charge is 0.308 e. The molecule has 1 saturated heterocycles. The van der Waals surface area contributed by atoms with Crippen molar-refractivity contribution in [3.63, 3.8) is 0 Å². The molecule has 3 rings (SSSR count). The molecule has 1 aliphatic rings. The molecule has 23 heavy (non-hydrogen) atoms. The second kappa shape index (κ2) is 6.15. The molecular formula is C15H17N5O3. The van der Waals surface area contributed by atoms with E-state index >= 15 is 0 Å². The zero-order chi connectivity index (χ0) is 16.4. The summed E-state index contributed by atoms with van der Waals surface area (Å²) < 4.78 is 1.53. The molecule has 1 aliphatic heterocycles. The summed E-state index contributed by atoms with van der Waals surface area (Å²) in [6.45, 7) is 2.30. The van der Waals surface area contributed by atoms with Gasteiger partial charge in [-0.25, -0.2) is 4.68 Å². The van der Waals surface area contributed by atoms with E-state index < -0.39 is 11.9 Å². The number of rotatable bonds is 4. The number of carboxylic acids is 1. The summed E-state index contributed by atoms with van der Waals surface area (Å²) >= 11 is 0. The minimum absolute atomic E-state index is 0.0450. The second-order valence-corrected chi connectivity index (χ2v) is 5.66. The number of carboxylic acid groups (broad SMARTS) is 1. The summed E-state index contributed by atoms with van der Waals surface area (Å²) in [5, 5.41) is 20.1. The Morgan fingerprint density at radius 1 is 1.30 bits per heavy atom. The van der Waals surface area contributed by atoms with Crippen LogP contribution in [0.15, 0.2) is 30.6 Å². The van der Waals surface area contributed by atoms with Gasteiger partial charge >= 0.3 is 5.97 Å². The fraction of sp³-hybridized carbons (Fsp3) is 0.400. The van der Waals surface area contributed by atoms with Gasteiger partial charge in [-0.2, -0.15) is 0 Å². The standard InChI is InChI=1S/C15H17N5O3/c1-10-13(15(22)23)6-7-19(10)14(21)8-11-2-4-12(5-3-11)20-9-16-17-18-20/h2-5,9-10,13H,6-8H2,1H3,(H,22,23). The molecule has 1 N–H and O–H groups in total. The summed E-state index contributed by atoms with van der Waals surface area (Å²) in [4.78, 5) is 25.2. The third-order valence-corrected chi connectivity index (χ3v) is 4.30. The van der Waals surface area contributed by atoms with Crippen LogP contribution < -0.4 is 0 Å². The van der Waals surface area contributed by atoms with Crippen molar-refractivity contribution in [3.8, 4) is 5.69 Å². The molecule has 8 nitrogen and oxygen atoms in total. The highest BCUT2D eigenvalue weighted by molar-refractivity contribution is 5.81. The molecule has 1 fully saturated rings.